The van der Waals surface area contributed by atoms with Crippen molar-refractivity contribution >= 4 is 5.91 Å². The van der Waals surface area contributed by atoms with Gasteiger partial charge in [-0.1, -0.05) is 48.5 Å². The molecule has 0 spiro atoms. The Morgan fingerprint density at radius 2 is 1.79 bits per heavy atom. The van der Waals surface area contributed by atoms with Crippen LogP contribution >= 0.6 is 0 Å². The van der Waals surface area contributed by atoms with Gasteiger partial charge in [0.1, 0.15) is 5.75 Å². The predicted octanol–water partition coefficient (Wildman–Crippen LogP) is 2.69. The maximum atomic E-state index is 11.9. The van der Waals surface area contributed by atoms with E-state index in [1.54, 1.807) is 0 Å². The molecule has 0 atom stereocenters. The molecule has 3 rings (SSSR count). The SMILES string of the molecule is O=C(COc1ccccc1Cc1ccccc1)NCC1(O)CCC1. The number of carbonyl (C=O) groups excluding carboxylic acids is 1. The van der Waals surface area contributed by atoms with Gasteiger partial charge in [0.05, 0.1) is 5.60 Å². The highest BCUT2D eigenvalue weighted by atomic mass is 16.5. The maximum Gasteiger partial charge on any atom is 0.258 e. The molecule has 0 bridgehead atoms. The highest BCUT2D eigenvalue weighted by Gasteiger charge is 2.34. The molecule has 4 nitrogen and oxygen atoms in total. The van der Waals surface area contributed by atoms with E-state index in [4.69, 9.17) is 4.74 Å². The van der Waals surface area contributed by atoms with Crippen LogP contribution < -0.4 is 10.1 Å². The molecule has 1 fully saturated rings. The summed E-state index contributed by atoms with van der Waals surface area (Å²) < 4.78 is 5.69. The lowest BCUT2D eigenvalue weighted by atomic mass is 9.80. The van der Waals surface area contributed by atoms with Gasteiger partial charge in [-0.25, -0.2) is 0 Å². The molecule has 1 aliphatic carbocycles. The van der Waals surface area contributed by atoms with Crippen molar-refractivity contribution < 1.29 is 14.6 Å². The lowest BCUT2D eigenvalue weighted by Gasteiger charge is -2.36. The van der Waals surface area contributed by atoms with Gasteiger partial charge in [-0.3, -0.25) is 4.79 Å². The summed E-state index contributed by atoms with van der Waals surface area (Å²) in [5, 5.41) is 12.7. The average Bonchev–Trinajstić information content (AvgIpc) is 2.58. The van der Waals surface area contributed by atoms with Crippen molar-refractivity contribution in [2.24, 2.45) is 0 Å². The molecule has 0 heterocycles. The Morgan fingerprint density at radius 1 is 1.08 bits per heavy atom. The van der Waals surface area contributed by atoms with Crippen LogP contribution in [0, 0.1) is 0 Å². The van der Waals surface area contributed by atoms with Gasteiger partial charge in [0.15, 0.2) is 6.61 Å². The third-order valence-corrected chi connectivity index (χ3v) is 4.47. The van der Waals surface area contributed by atoms with Crippen LogP contribution in [0.2, 0.25) is 0 Å². The third kappa shape index (κ3) is 4.36. The van der Waals surface area contributed by atoms with Crippen LogP contribution in [0.1, 0.15) is 30.4 Å². The molecule has 1 aliphatic rings. The zero-order valence-electron chi connectivity index (χ0n) is 13.7. The molecule has 0 radical (unpaired) electrons. The van der Waals surface area contributed by atoms with Gasteiger partial charge in [-0.15, -0.1) is 0 Å². The summed E-state index contributed by atoms with van der Waals surface area (Å²) in [6.07, 6.45) is 3.30. The number of rotatable bonds is 7. The second-order valence-electron chi connectivity index (χ2n) is 6.41. The minimum absolute atomic E-state index is 0.0398. The Morgan fingerprint density at radius 3 is 2.50 bits per heavy atom. The predicted molar refractivity (Wildman–Crippen MR) is 93.0 cm³/mol. The van der Waals surface area contributed by atoms with Gasteiger partial charge in [-0.2, -0.15) is 0 Å². The van der Waals surface area contributed by atoms with Crippen LogP contribution in [0.4, 0.5) is 0 Å². The van der Waals surface area contributed by atoms with E-state index in [1.807, 2.05) is 42.5 Å². The van der Waals surface area contributed by atoms with Crippen molar-refractivity contribution in [2.45, 2.75) is 31.3 Å². The van der Waals surface area contributed by atoms with Gasteiger partial charge in [0.2, 0.25) is 0 Å². The average molecular weight is 325 g/mol. The molecule has 4 heteroatoms. The summed E-state index contributed by atoms with van der Waals surface area (Å²) in [6, 6.07) is 17.9. The number of amides is 1. The summed E-state index contributed by atoms with van der Waals surface area (Å²) in [4.78, 5) is 11.9. The lowest BCUT2D eigenvalue weighted by molar-refractivity contribution is -0.125. The van der Waals surface area contributed by atoms with Crippen molar-refractivity contribution in [1.82, 2.24) is 5.32 Å². The Kier molecular flexibility index (Phi) is 5.16. The van der Waals surface area contributed by atoms with Crippen molar-refractivity contribution in [3.63, 3.8) is 0 Å². The lowest BCUT2D eigenvalue weighted by Crippen LogP contribution is -2.48. The second kappa shape index (κ2) is 7.49. The van der Waals surface area contributed by atoms with Crippen LogP contribution in [0.5, 0.6) is 5.75 Å². The van der Waals surface area contributed by atoms with Gasteiger partial charge in [0, 0.05) is 13.0 Å². The number of hydrogen-bond donors (Lipinski definition) is 2. The molecule has 0 unspecified atom stereocenters. The molecular weight excluding hydrogens is 302 g/mol. The Balaban J connectivity index is 1.54. The summed E-state index contributed by atoms with van der Waals surface area (Å²) in [5.74, 6) is 0.517. The normalized spacial score (nSPS) is 15.4. The van der Waals surface area contributed by atoms with Crippen LogP contribution in [-0.2, 0) is 11.2 Å². The Hall–Kier alpha value is -2.33. The van der Waals surface area contributed by atoms with E-state index in [9.17, 15) is 9.90 Å². The fraction of sp³-hybridized carbons (Fsp3) is 0.350. The zero-order valence-corrected chi connectivity index (χ0v) is 13.7. The van der Waals surface area contributed by atoms with Crippen molar-refractivity contribution in [3.8, 4) is 5.75 Å². The molecule has 2 aromatic carbocycles. The minimum Gasteiger partial charge on any atom is -0.483 e. The number of nitrogens with one attached hydrogen (secondary N) is 1. The molecule has 126 valence electrons. The van der Waals surface area contributed by atoms with Crippen LogP contribution in [-0.4, -0.2) is 29.8 Å². The molecule has 2 N–H and O–H groups in total. The van der Waals surface area contributed by atoms with Gasteiger partial charge < -0.3 is 15.2 Å². The first-order chi connectivity index (χ1) is 11.6. The van der Waals surface area contributed by atoms with Crippen molar-refractivity contribution in [3.05, 3.63) is 65.7 Å². The first kappa shape index (κ1) is 16.5. The fourth-order valence-electron chi connectivity index (χ4n) is 2.83. The van der Waals surface area contributed by atoms with E-state index >= 15 is 0 Å². The van der Waals surface area contributed by atoms with E-state index in [1.165, 1.54) is 5.56 Å². The maximum absolute atomic E-state index is 11.9. The van der Waals surface area contributed by atoms with Crippen molar-refractivity contribution in [1.29, 1.82) is 0 Å². The van der Waals surface area contributed by atoms with E-state index in [2.05, 4.69) is 17.4 Å². The van der Waals surface area contributed by atoms with E-state index < -0.39 is 5.60 Å². The third-order valence-electron chi connectivity index (χ3n) is 4.47. The second-order valence-corrected chi connectivity index (χ2v) is 6.41. The molecular formula is C20H23NO3. The topological polar surface area (TPSA) is 58.6 Å². The van der Waals surface area contributed by atoms with E-state index in [-0.39, 0.29) is 12.5 Å². The smallest absolute Gasteiger partial charge is 0.258 e. The Bertz CT molecular complexity index is 680. The summed E-state index contributed by atoms with van der Waals surface area (Å²) in [6.45, 7) is 0.267. The fourth-order valence-corrected chi connectivity index (χ4v) is 2.83. The quantitative estimate of drug-likeness (QED) is 0.823. The van der Waals surface area contributed by atoms with Crippen LogP contribution in [0.25, 0.3) is 0 Å². The number of hydrogen-bond acceptors (Lipinski definition) is 3. The molecule has 2 aromatic rings. The number of para-hydroxylation sites is 1. The van der Waals surface area contributed by atoms with E-state index in [0.717, 1.165) is 37.0 Å². The number of carbonyl (C=O) groups is 1. The van der Waals surface area contributed by atoms with E-state index in [0.29, 0.717) is 6.54 Å². The standard InChI is InChI=1S/C20H23NO3/c22-19(21-15-20(23)11-6-12-20)14-24-18-10-5-4-9-17(18)13-16-7-2-1-3-8-16/h1-5,7-10,23H,6,11-15H2,(H,21,22). The molecule has 0 aliphatic heterocycles. The molecule has 1 amide bonds. The Labute approximate surface area is 142 Å². The summed E-state index contributed by atoms with van der Waals surface area (Å²) in [5.41, 5.74) is 1.54. The van der Waals surface area contributed by atoms with Crippen LogP contribution in [0.3, 0.4) is 0 Å². The molecule has 0 aromatic heterocycles. The minimum atomic E-state index is -0.707. The highest BCUT2D eigenvalue weighted by Crippen LogP contribution is 2.30. The number of benzene rings is 2. The monoisotopic (exact) mass is 325 g/mol. The molecule has 1 saturated carbocycles. The largest absolute Gasteiger partial charge is 0.483 e. The van der Waals surface area contributed by atoms with Gasteiger partial charge >= 0.3 is 0 Å². The molecule has 24 heavy (non-hydrogen) atoms. The highest BCUT2D eigenvalue weighted by molar-refractivity contribution is 5.77. The summed E-state index contributed by atoms with van der Waals surface area (Å²) >= 11 is 0. The van der Waals surface area contributed by atoms with Crippen LogP contribution in [0.15, 0.2) is 54.6 Å². The van der Waals surface area contributed by atoms with Crippen molar-refractivity contribution in [2.75, 3.05) is 13.2 Å². The first-order valence-corrected chi connectivity index (χ1v) is 8.38. The molecule has 0 saturated heterocycles. The summed E-state index contributed by atoms with van der Waals surface area (Å²) in [7, 11) is 0. The van der Waals surface area contributed by atoms with Gasteiger partial charge in [-0.05, 0) is 36.5 Å². The number of ether oxygens (including phenoxy) is 1. The number of aliphatic hydroxyl groups is 1. The van der Waals surface area contributed by atoms with Gasteiger partial charge in [0.25, 0.3) is 5.91 Å². The zero-order chi connectivity index (χ0) is 16.8. The first-order valence-electron chi connectivity index (χ1n) is 8.38.